The Morgan fingerprint density at radius 1 is 1.69 bits per heavy atom. The summed E-state index contributed by atoms with van der Waals surface area (Å²) in [5.41, 5.74) is 0. The van der Waals surface area contributed by atoms with Crippen molar-refractivity contribution >= 4 is 6.16 Å². The summed E-state index contributed by atoms with van der Waals surface area (Å²) in [6, 6.07) is 0. The van der Waals surface area contributed by atoms with Gasteiger partial charge >= 0.3 is 6.16 Å². The SMILES string of the molecule is CC1CO1.CCC(C)OC(=O)OC. The molecule has 0 saturated carbocycles. The van der Waals surface area contributed by atoms with Gasteiger partial charge in [0.15, 0.2) is 0 Å². The second-order valence-corrected chi connectivity index (χ2v) is 2.93. The van der Waals surface area contributed by atoms with Crippen LogP contribution in [-0.4, -0.2) is 32.1 Å². The Balaban J connectivity index is 0.000000293. The summed E-state index contributed by atoms with van der Waals surface area (Å²) in [4.78, 5) is 10.3. The van der Waals surface area contributed by atoms with Gasteiger partial charge in [-0.2, -0.15) is 0 Å². The highest BCUT2D eigenvalue weighted by molar-refractivity contribution is 5.59. The lowest BCUT2D eigenvalue weighted by Gasteiger charge is -2.07. The van der Waals surface area contributed by atoms with Gasteiger partial charge in [0, 0.05) is 0 Å². The van der Waals surface area contributed by atoms with Crippen molar-refractivity contribution in [1.82, 2.24) is 0 Å². The first kappa shape index (κ1) is 12.2. The summed E-state index contributed by atoms with van der Waals surface area (Å²) < 4.78 is 13.7. The predicted octanol–water partition coefficient (Wildman–Crippen LogP) is 1.97. The van der Waals surface area contributed by atoms with Crippen molar-refractivity contribution in [3.63, 3.8) is 0 Å². The lowest BCUT2D eigenvalue weighted by Crippen LogP contribution is -2.13. The molecule has 1 aliphatic heterocycles. The fourth-order valence-corrected chi connectivity index (χ4v) is 0.392. The maximum absolute atomic E-state index is 10.3. The molecule has 2 atom stereocenters. The molecule has 0 N–H and O–H groups in total. The van der Waals surface area contributed by atoms with E-state index in [4.69, 9.17) is 4.74 Å². The fraction of sp³-hybridized carbons (Fsp3) is 0.889. The van der Waals surface area contributed by atoms with Crippen LogP contribution in [-0.2, 0) is 14.2 Å². The van der Waals surface area contributed by atoms with Gasteiger partial charge in [0.25, 0.3) is 0 Å². The number of methoxy groups -OCH3 is 1. The summed E-state index contributed by atoms with van der Waals surface area (Å²) >= 11 is 0. The third-order valence-corrected chi connectivity index (χ3v) is 1.54. The fourth-order valence-electron chi connectivity index (χ4n) is 0.392. The Labute approximate surface area is 79.2 Å². The maximum atomic E-state index is 10.3. The Morgan fingerprint density at radius 3 is 2.38 bits per heavy atom. The van der Waals surface area contributed by atoms with Gasteiger partial charge in [-0.25, -0.2) is 4.79 Å². The van der Waals surface area contributed by atoms with E-state index in [1.165, 1.54) is 7.11 Å². The van der Waals surface area contributed by atoms with Crippen molar-refractivity contribution < 1.29 is 19.0 Å². The van der Waals surface area contributed by atoms with E-state index in [2.05, 4.69) is 16.4 Å². The zero-order valence-electron chi connectivity index (χ0n) is 8.70. The topological polar surface area (TPSA) is 48.1 Å². The van der Waals surface area contributed by atoms with Gasteiger partial charge in [-0.05, 0) is 20.3 Å². The minimum atomic E-state index is -0.607. The van der Waals surface area contributed by atoms with Crippen LogP contribution in [0.3, 0.4) is 0 Å². The Hall–Kier alpha value is -0.770. The number of carbonyl (C=O) groups excluding carboxylic acids is 1. The molecule has 0 bridgehead atoms. The van der Waals surface area contributed by atoms with Crippen LogP contribution in [0.15, 0.2) is 0 Å². The third-order valence-electron chi connectivity index (χ3n) is 1.54. The molecule has 0 amide bonds. The van der Waals surface area contributed by atoms with E-state index >= 15 is 0 Å². The molecule has 1 rings (SSSR count). The molecule has 0 aromatic rings. The lowest BCUT2D eigenvalue weighted by molar-refractivity contribution is 0.0423. The normalized spacial score (nSPS) is 20.8. The van der Waals surface area contributed by atoms with Gasteiger partial charge in [0.05, 0.1) is 19.8 Å². The van der Waals surface area contributed by atoms with E-state index in [0.717, 1.165) is 13.0 Å². The second kappa shape index (κ2) is 6.71. The molecule has 0 spiro atoms. The average molecular weight is 190 g/mol. The second-order valence-electron chi connectivity index (χ2n) is 2.93. The van der Waals surface area contributed by atoms with Crippen molar-refractivity contribution in [2.75, 3.05) is 13.7 Å². The van der Waals surface area contributed by atoms with Crippen LogP contribution in [0.4, 0.5) is 4.79 Å². The lowest BCUT2D eigenvalue weighted by atomic mass is 10.3. The van der Waals surface area contributed by atoms with Gasteiger partial charge in [-0.15, -0.1) is 0 Å². The molecule has 0 aromatic carbocycles. The summed E-state index contributed by atoms with van der Waals surface area (Å²) in [5.74, 6) is 0. The summed E-state index contributed by atoms with van der Waals surface area (Å²) in [6.07, 6.45) is 0.747. The largest absolute Gasteiger partial charge is 0.508 e. The monoisotopic (exact) mass is 190 g/mol. The first-order chi connectivity index (χ1) is 6.10. The zero-order valence-corrected chi connectivity index (χ0v) is 8.70. The van der Waals surface area contributed by atoms with E-state index in [-0.39, 0.29) is 6.10 Å². The van der Waals surface area contributed by atoms with Crippen LogP contribution in [0.25, 0.3) is 0 Å². The highest BCUT2D eigenvalue weighted by Gasteiger charge is 2.13. The van der Waals surface area contributed by atoms with E-state index in [1.54, 1.807) is 0 Å². The predicted molar refractivity (Wildman–Crippen MR) is 48.7 cm³/mol. The van der Waals surface area contributed by atoms with Crippen LogP contribution in [0.1, 0.15) is 27.2 Å². The molecular formula is C9H18O4. The average Bonchev–Trinajstić information content (AvgIpc) is 2.88. The van der Waals surface area contributed by atoms with E-state index in [0.29, 0.717) is 6.10 Å². The van der Waals surface area contributed by atoms with Gasteiger partial charge < -0.3 is 14.2 Å². The molecule has 1 fully saturated rings. The summed E-state index contributed by atoms with van der Waals surface area (Å²) in [7, 11) is 1.30. The molecule has 2 unspecified atom stereocenters. The van der Waals surface area contributed by atoms with Crippen molar-refractivity contribution in [3.05, 3.63) is 0 Å². The molecule has 0 radical (unpaired) electrons. The number of epoxide rings is 1. The first-order valence-corrected chi connectivity index (χ1v) is 4.46. The molecule has 1 saturated heterocycles. The number of hydrogen-bond donors (Lipinski definition) is 0. The van der Waals surface area contributed by atoms with Crippen LogP contribution in [0.2, 0.25) is 0 Å². The number of ether oxygens (including phenoxy) is 3. The Kier molecular flexibility index (Phi) is 6.32. The highest BCUT2D eigenvalue weighted by Crippen LogP contribution is 2.04. The first-order valence-electron chi connectivity index (χ1n) is 4.46. The van der Waals surface area contributed by atoms with Crippen molar-refractivity contribution in [2.45, 2.75) is 39.4 Å². The number of carbonyl (C=O) groups is 1. The molecule has 0 aliphatic carbocycles. The minimum Gasteiger partial charge on any atom is -0.438 e. The number of hydrogen-bond acceptors (Lipinski definition) is 4. The molecule has 78 valence electrons. The van der Waals surface area contributed by atoms with Crippen LogP contribution < -0.4 is 0 Å². The van der Waals surface area contributed by atoms with Crippen molar-refractivity contribution in [1.29, 1.82) is 0 Å². The van der Waals surface area contributed by atoms with Gasteiger partial charge in [0.1, 0.15) is 6.10 Å². The third kappa shape index (κ3) is 9.14. The quantitative estimate of drug-likeness (QED) is 0.493. The molecule has 4 nitrogen and oxygen atoms in total. The minimum absolute atomic E-state index is 0.0440. The van der Waals surface area contributed by atoms with E-state index < -0.39 is 6.16 Å². The van der Waals surface area contributed by atoms with Crippen LogP contribution >= 0.6 is 0 Å². The molecule has 0 aromatic heterocycles. The smallest absolute Gasteiger partial charge is 0.438 e. The van der Waals surface area contributed by atoms with E-state index in [9.17, 15) is 4.79 Å². The number of rotatable bonds is 2. The van der Waals surface area contributed by atoms with Gasteiger partial charge in [-0.1, -0.05) is 6.92 Å². The van der Waals surface area contributed by atoms with Gasteiger partial charge in [0.2, 0.25) is 0 Å². The molecule has 4 heteroatoms. The summed E-state index contributed by atoms with van der Waals surface area (Å²) in [6.45, 7) is 6.80. The van der Waals surface area contributed by atoms with Crippen LogP contribution in [0.5, 0.6) is 0 Å². The van der Waals surface area contributed by atoms with E-state index in [1.807, 2.05) is 13.8 Å². The molecule has 1 heterocycles. The molecule has 1 aliphatic rings. The Bertz CT molecular complexity index is 143. The Morgan fingerprint density at radius 2 is 2.15 bits per heavy atom. The molecular weight excluding hydrogens is 172 g/mol. The summed E-state index contributed by atoms with van der Waals surface area (Å²) in [5, 5.41) is 0. The highest BCUT2D eigenvalue weighted by atomic mass is 16.7. The van der Waals surface area contributed by atoms with Crippen molar-refractivity contribution in [3.8, 4) is 0 Å². The van der Waals surface area contributed by atoms with Crippen LogP contribution in [0, 0.1) is 0 Å². The molecule has 13 heavy (non-hydrogen) atoms. The maximum Gasteiger partial charge on any atom is 0.508 e. The van der Waals surface area contributed by atoms with Gasteiger partial charge in [-0.3, -0.25) is 0 Å². The van der Waals surface area contributed by atoms with Crippen molar-refractivity contribution in [2.24, 2.45) is 0 Å². The zero-order chi connectivity index (χ0) is 10.3. The standard InChI is InChI=1S/C6H12O3.C3H6O/c1-4-5(2)9-6(7)8-3;1-3-2-4-3/h5H,4H2,1-3H3;3H,2H2,1H3.